The molecule has 1 saturated heterocycles. The second-order valence-corrected chi connectivity index (χ2v) is 7.09. The van der Waals surface area contributed by atoms with Gasteiger partial charge in [0, 0.05) is 23.2 Å². The van der Waals surface area contributed by atoms with Crippen LogP contribution in [0.1, 0.15) is 23.8 Å². The molecule has 0 aliphatic carbocycles. The predicted octanol–water partition coefficient (Wildman–Crippen LogP) is 4.26. The van der Waals surface area contributed by atoms with E-state index in [1.54, 1.807) is 0 Å². The minimum absolute atomic E-state index is 0.499. The number of hydrogen-bond donors (Lipinski definition) is 0. The lowest BCUT2D eigenvalue weighted by Gasteiger charge is -2.23. The maximum absolute atomic E-state index is 5.62. The summed E-state index contributed by atoms with van der Waals surface area (Å²) < 4.78 is 4.63. The second kappa shape index (κ2) is 6.39. The first kappa shape index (κ1) is 14.8. The Morgan fingerprint density at radius 1 is 1.17 bits per heavy atom. The smallest absolute Gasteiger partial charge is 0.203 e. The minimum atomic E-state index is 0.499. The van der Waals surface area contributed by atoms with Gasteiger partial charge < -0.3 is 0 Å². The van der Waals surface area contributed by atoms with Crippen molar-refractivity contribution >= 4 is 23.6 Å². The molecule has 0 amide bonds. The van der Waals surface area contributed by atoms with Crippen LogP contribution in [0.15, 0.2) is 54.2 Å². The molecule has 0 radical (unpaired) electrons. The zero-order valence-electron chi connectivity index (χ0n) is 12.7. The quantitative estimate of drug-likeness (QED) is 0.663. The first-order chi connectivity index (χ1) is 11.3. The Hall–Kier alpha value is -1.76. The van der Waals surface area contributed by atoms with Gasteiger partial charge >= 0.3 is 0 Å². The summed E-state index contributed by atoms with van der Waals surface area (Å²) in [5.74, 6) is 0. The summed E-state index contributed by atoms with van der Waals surface area (Å²) in [6.45, 7) is 1.85. The van der Waals surface area contributed by atoms with Gasteiger partial charge in [-0.2, -0.15) is 5.10 Å². The summed E-state index contributed by atoms with van der Waals surface area (Å²) >= 11 is 7.46. The van der Waals surface area contributed by atoms with Gasteiger partial charge in [0.05, 0.1) is 6.67 Å². The molecule has 0 bridgehead atoms. The van der Waals surface area contributed by atoms with E-state index in [0.29, 0.717) is 6.04 Å². The molecule has 1 aliphatic heterocycles. The molecule has 1 aliphatic rings. The molecule has 0 N–H and O–H groups in total. The topological polar surface area (TPSA) is 26.0 Å². The third-order valence-electron chi connectivity index (χ3n) is 4.32. The number of thiophene rings is 1. The van der Waals surface area contributed by atoms with E-state index in [1.807, 2.05) is 57.2 Å². The molecular formula is C17H18N4S2. The van der Waals surface area contributed by atoms with E-state index in [2.05, 4.69) is 27.5 Å². The van der Waals surface area contributed by atoms with Gasteiger partial charge in [0.2, 0.25) is 4.77 Å². The van der Waals surface area contributed by atoms with Crippen LogP contribution in [0.2, 0.25) is 0 Å². The Morgan fingerprint density at radius 2 is 2.04 bits per heavy atom. The van der Waals surface area contributed by atoms with Crippen LogP contribution >= 0.6 is 23.6 Å². The number of para-hydroxylation sites is 1. The van der Waals surface area contributed by atoms with Crippen molar-refractivity contribution in [1.82, 2.24) is 19.2 Å². The van der Waals surface area contributed by atoms with Crippen LogP contribution in [-0.2, 0) is 6.67 Å². The van der Waals surface area contributed by atoms with Crippen molar-refractivity contribution < 1.29 is 0 Å². The summed E-state index contributed by atoms with van der Waals surface area (Å²) in [4.78, 5) is 3.92. The Balaban J connectivity index is 1.58. The summed E-state index contributed by atoms with van der Waals surface area (Å²) in [7, 11) is 0. The molecule has 2 aromatic heterocycles. The van der Waals surface area contributed by atoms with E-state index in [4.69, 9.17) is 12.2 Å². The summed E-state index contributed by atoms with van der Waals surface area (Å²) in [6.07, 6.45) is 4.26. The fourth-order valence-corrected chi connectivity index (χ4v) is 4.32. The average molecular weight is 342 g/mol. The lowest BCUT2D eigenvalue weighted by atomic mass is 10.2. The van der Waals surface area contributed by atoms with Crippen LogP contribution in [0.4, 0.5) is 0 Å². The van der Waals surface area contributed by atoms with E-state index >= 15 is 0 Å². The monoisotopic (exact) mass is 342 g/mol. The van der Waals surface area contributed by atoms with Crippen LogP contribution < -0.4 is 0 Å². The van der Waals surface area contributed by atoms with Crippen molar-refractivity contribution in [2.24, 2.45) is 0 Å². The van der Waals surface area contributed by atoms with E-state index in [9.17, 15) is 0 Å². The van der Waals surface area contributed by atoms with Crippen molar-refractivity contribution in [2.45, 2.75) is 25.6 Å². The Morgan fingerprint density at radius 3 is 2.83 bits per heavy atom. The van der Waals surface area contributed by atoms with Crippen molar-refractivity contribution in [3.63, 3.8) is 0 Å². The van der Waals surface area contributed by atoms with Crippen LogP contribution in [0.5, 0.6) is 0 Å². The molecule has 118 valence electrons. The molecule has 3 heterocycles. The number of likely N-dealkylation sites (tertiary alicyclic amines) is 1. The third-order valence-corrected chi connectivity index (χ3v) is 5.70. The van der Waals surface area contributed by atoms with Gasteiger partial charge in [-0.3, -0.25) is 9.47 Å². The number of hydrogen-bond acceptors (Lipinski definition) is 4. The third kappa shape index (κ3) is 2.89. The Bertz CT molecular complexity index is 820. The fourth-order valence-electron chi connectivity index (χ4n) is 3.17. The molecule has 1 fully saturated rings. The van der Waals surface area contributed by atoms with Gasteiger partial charge in [0.1, 0.15) is 6.33 Å². The van der Waals surface area contributed by atoms with Crippen molar-refractivity contribution in [3.8, 4) is 5.69 Å². The first-order valence-corrected chi connectivity index (χ1v) is 9.09. The Kier molecular flexibility index (Phi) is 4.11. The highest BCUT2D eigenvalue weighted by atomic mass is 32.1. The van der Waals surface area contributed by atoms with Gasteiger partial charge in [-0.25, -0.2) is 4.68 Å². The fraction of sp³-hybridized carbons (Fsp3) is 0.294. The standard InChI is InChI=1S/C17H18N4S2/c22-17-20(14-6-2-1-3-7-14)12-18-21(17)13-19-10-4-8-15(19)16-9-5-11-23-16/h1-3,5-7,9,11-12,15H,4,8,10,13H2/t15-/m1/s1. The molecule has 1 atom stereocenters. The van der Waals surface area contributed by atoms with E-state index in [1.165, 1.54) is 17.7 Å². The molecule has 3 aromatic rings. The van der Waals surface area contributed by atoms with E-state index in [0.717, 1.165) is 23.7 Å². The predicted molar refractivity (Wildman–Crippen MR) is 95.4 cm³/mol. The summed E-state index contributed by atoms with van der Waals surface area (Å²) in [6, 6.07) is 15.0. The Labute approximate surface area is 144 Å². The number of rotatable bonds is 4. The number of benzene rings is 1. The molecule has 23 heavy (non-hydrogen) atoms. The summed E-state index contributed by atoms with van der Waals surface area (Å²) in [5.41, 5.74) is 1.06. The molecule has 1 aromatic carbocycles. The molecule has 4 rings (SSSR count). The molecule has 0 unspecified atom stereocenters. The van der Waals surface area contributed by atoms with Crippen LogP contribution in [0.25, 0.3) is 5.69 Å². The normalized spacial score (nSPS) is 18.5. The minimum Gasteiger partial charge on any atom is -0.276 e. The van der Waals surface area contributed by atoms with Gasteiger partial charge in [-0.05, 0) is 48.6 Å². The molecule has 0 spiro atoms. The summed E-state index contributed by atoms with van der Waals surface area (Å²) in [5, 5.41) is 6.66. The van der Waals surface area contributed by atoms with Crippen LogP contribution in [-0.4, -0.2) is 25.8 Å². The highest BCUT2D eigenvalue weighted by Crippen LogP contribution is 2.34. The molecule has 0 saturated carbocycles. The van der Waals surface area contributed by atoms with Crippen LogP contribution in [0.3, 0.4) is 0 Å². The highest BCUT2D eigenvalue weighted by molar-refractivity contribution is 7.71. The van der Waals surface area contributed by atoms with E-state index in [-0.39, 0.29) is 0 Å². The average Bonchev–Trinajstić information content (AvgIpc) is 3.31. The maximum Gasteiger partial charge on any atom is 0.203 e. The van der Waals surface area contributed by atoms with Crippen molar-refractivity contribution in [1.29, 1.82) is 0 Å². The highest BCUT2D eigenvalue weighted by Gasteiger charge is 2.27. The second-order valence-electron chi connectivity index (χ2n) is 5.75. The first-order valence-electron chi connectivity index (χ1n) is 7.80. The maximum atomic E-state index is 5.62. The molecular weight excluding hydrogens is 324 g/mol. The van der Waals surface area contributed by atoms with Gasteiger partial charge in [0.15, 0.2) is 0 Å². The number of aromatic nitrogens is 3. The lowest BCUT2D eigenvalue weighted by Crippen LogP contribution is -2.26. The zero-order chi connectivity index (χ0) is 15.6. The molecule has 6 heteroatoms. The largest absolute Gasteiger partial charge is 0.276 e. The van der Waals surface area contributed by atoms with E-state index < -0.39 is 0 Å². The lowest BCUT2D eigenvalue weighted by molar-refractivity contribution is 0.192. The van der Waals surface area contributed by atoms with Gasteiger partial charge in [-0.1, -0.05) is 24.3 Å². The van der Waals surface area contributed by atoms with Crippen molar-refractivity contribution in [2.75, 3.05) is 6.54 Å². The number of nitrogens with zero attached hydrogens (tertiary/aromatic N) is 4. The van der Waals surface area contributed by atoms with Crippen LogP contribution in [0, 0.1) is 4.77 Å². The molecule has 4 nitrogen and oxygen atoms in total. The van der Waals surface area contributed by atoms with Gasteiger partial charge in [-0.15, -0.1) is 11.3 Å². The van der Waals surface area contributed by atoms with Gasteiger partial charge in [0.25, 0.3) is 0 Å². The SMILES string of the molecule is S=c1n(-c2ccccc2)cnn1CN1CCC[C@@H]1c1cccs1. The van der Waals surface area contributed by atoms with Crippen molar-refractivity contribution in [3.05, 3.63) is 63.8 Å². The zero-order valence-corrected chi connectivity index (χ0v) is 14.3.